The topological polar surface area (TPSA) is 23.6 Å². The third-order valence-electron chi connectivity index (χ3n) is 4.70. The van der Waals surface area contributed by atoms with Gasteiger partial charge in [-0.25, -0.2) is 0 Å². The lowest BCUT2D eigenvalue weighted by molar-refractivity contribution is -0.116. The normalized spacial score (nSPS) is 20.1. The van der Waals surface area contributed by atoms with Crippen molar-refractivity contribution in [2.45, 2.75) is 18.1 Å². The van der Waals surface area contributed by atoms with Crippen LogP contribution in [0, 0.1) is 0 Å². The zero-order chi connectivity index (χ0) is 18.6. The van der Waals surface area contributed by atoms with Crippen LogP contribution in [0.3, 0.4) is 0 Å². The van der Waals surface area contributed by atoms with Crippen molar-refractivity contribution in [3.05, 3.63) is 84.6 Å². The first kappa shape index (κ1) is 18.0. The fourth-order valence-corrected chi connectivity index (χ4v) is 4.80. The molecule has 1 saturated heterocycles. The van der Waals surface area contributed by atoms with E-state index in [4.69, 9.17) is 12.2 Å². The van der Waals surface area contributed by atoms with Crippen LogP contribution in [0.1, 0.15) is 12.0 Å². The summed E-state index contributed by atoms with van der Waals surface area (Å²) in [5, 5.41) is -0.268. The molecule has 5 heteroatoms. The highest BCUT2D eigenvalue weighted by atomic mass is 32.2. The molecule has 3 nitrogen and oxygen atoms in total. The molecule has 4 rings (SSSR count). The minimum Gasteiger partial charge on any atom is -0.348 e. The van der Waals surface area contributed by atoms with Crippen LogP contribution >= 0.6 is 24.0 Å². The molecule has 1 fully saturated rings. The van der Waals surface area contributed by atoms with Crippen LogP contribution in [0.4, 0.5) is 11.4 Å². The average Bonchev–Trinajstić information content (AvgIpc) is 2.99. The lowest BCUT2D eigenvalue weighted by Crippen LogP contribution is -2.30. The number of hydrogen-bond donors (Lipinski definition) is 0. The first-order valence-corrected chi connectivity index (χ1v) is 10.3. The standard InChI is InChI=1S/C22H20N2OS2/c25-21-20(27-22(26)24(21)18-11-2-1-3-12-18)14-6-7-15-23-16-8-10-17-9-4-5-13-19(17)23/h1-7,9,11-15,20H,8,10,16H2/b14-6+,15-7+. The van der Waals surface area contributed by atoms with Crippen molar-refractivity contribution in [1.29, 1.82) is 0 Å². The van der Waals surface area contributed by atoms with E-state index in [-0.39, 0.29) is 11.2 Å². The van der Waals surface area contributed by atoms with Gasteiger partial charge in [-0.1, -0.05) is 72.5 Å². The van der Waals surface area contributed by atoms with Gasteiger partial charge in [0.15, 0.2) is 0 Å². The highest BCUT2D eigenvalue weighted by Crippen LogP contribution is 2.32. The molecule has 2 aliphatic heterocycles. The fraction of sp³-hybridized carbons (Fsp3) is 0.182. The van der Waals surface area contributed by atoms with Crippen LogP contribution in [-0.4, -0.2) is 22.0 Å². The maximum absolute atomic E-state index is 12.7. The molecule has 0 aromatic heterocycles. The number of carbonyl (C=O) groups excluding carboxylic acids is 1. The van der Waals surface area contributed by atoms with Crippen molar-refractivity contribution in [1.82, 2.24) is 0 Å². The van der Waals surface area contributed by atoms with Crippen molar-refractivity contribution in [3.63, 3.8) is 0 Å². The molecule has 0 saturated carbocycles. The molecule has 1 amide bonds. The van der Waals surface area contributed by atoms with E-state index in [2.05, 4.69) is 35.4 Å². The van der Waals surface area contributed by atoms with Gasteiger partial charge >= 0.3 is 0 Å². The van der Waals surface area contributed by atoms with Crippen LogP contribution in [0.15, 0.2) is 79.0 Å². The molecule has 2 aromatic carbocycles. The number of thioether (sulfide) groups is 1. The van der Waals surface area contributed by atoms with E-state index in [1.807, 2.05) is 48.6 Å². The molecule has 0 N–H and O–H groups in total. The summed E-state index contributed by atoms with van der Waals surface area (Å²) in [4.78, 5) is 16.6. The summed E-state index contributed by atoms with van der Waals surface area (Å²) in [5.74, 6) is 0.0177. The number of amides is 1. The first-order chi connectivity index (χ1) is 13.2. The quantitative estimate of drug-likeness (QED) is 0.543. The third kappa shape index (κ3) is 3.84. The van der Waals surface area contributed by atoms with E-state index < -0.39 is 0 Å². The smallest absolute Gasteiger partial charge is 0.250 e. The number of aryl methyl sites for hydroxylation is 1. The predicted octanol–water partition coefficient (Wildman–Crippen LogP) is 4.94. The van der Waals surface area contributed by atoms with Gasteiger partial charge in [-0.15, -0.1) is 0 Å². The summed E-state index contributed by atoms with van der Waals surface area (Å²) in [7, 11) is 0. The van der Waals surface area contributed by atoms with E-state index in [1.165, 1.54) is 23.0 Å². The third-order valence-corrected chi connectivity index (χ3v) is 6.17. The Labute approximate surface area is 169 Å². The van der Waals surface area contributed by atoms with Gasteiger partial charge in [0.2, 0.25) is 5.91 Å². The molecule has 2 aromatic rings. The molecule has 2 heterocycles. The van der Waals surface area contributed by atoms with Crippen LogP contribution in [0.5, 0.6) is 0 Å². The number of hydrogen-bond acceptors (Lipinski definition) is 4. The molecule has 136 valence electrons. The lowest BCUT2D eigenvalue weighted by atomic mass is 10.0. The number of carbonyl (C=O) groups is 1. The first-order valence-electron chi connectivity index (χ1n) is 9.03. The van der Waals surface area contributed by atoms with E-state index in [0.29, 0.717) is 4.32 Å². The lowest BCUT2D eigenvalue weighted by Gasteiger charge is -2.27. The summed E-state index contributed by atoms with van der Waals surface area (Å²) in [6.07, 6.45) is 10.3. The Morgan fingerprint density at radius 3 is 2.67 bits per heavy atom. The second-order valence-electron chi connectivity index (χ2n) is 6.47. The maximum atomic E-state index is 12.7. The van der Waals surface area contributed by atoms with Gasteiger partial charge < -0.3 is 4.90 Å². The van der Waals surface area contributed by atoms with Crippen LogP contribution in [0.2, 0.25) is 0 Å². The van der Waals surface area contributed by atoms with E-state index in [1.54, 1.807) is 4.90 Å². The second-order valence-corrected chi connectivity index (χ2v) is 8.24. The number of para-hydroxylation sites is 2. The van der Waals surface area contributed by atoms with Crippen molar-refractivity contribution < 1.29 is 4.79 Å². The number of benzene rings is 2. The molecular weight excluding hydrogens is 372 g/mol. The summed E-state index contributed by atoms with van der Waals surface area (Å²) in [6.45, 7) is 1.02. The van der Waals surface area contributed by atoms with Gasteiger partial charge in [0.1, 0.15) is 9.57 Å². The van der Waals surface area contributed by atoms with E-state index >= 15 is 0 Å². The summed E-state index contributed by atoms with van der Waals surface area (Å²) in [5.41, 5.74) is 3.50. The Bertz CT molecular complexity index is 908. The van der Waals surface area contributed by atoms with Crippen LogP contribution < -0.4 is 9.80 Å². The number of allylic oxidation sites excluding steroid dienone is 2. The molecule has 0 spiro atoms. The van der Waals surface area contributed by atoms with Gasteiger partial charge in [0.25, 0.3) is 0 Å². The molecule has 27 heavy (non-hydrogen) atoms. The van der Waals surface area contributed by atoms with Gasteiger partial charge in [-0.3, -0.25) is 9.69 Å². The number of thiocarbonyl (C=S) groups is 1. The SMILES string of the molecule is O=C1C(/C=C/C=C/N2CCCc3ccccc32)SC(=S)N1c1ccccc1. The Kier molecular flexibility index (Phi) is 5.41. The molecule has 0 bridgehead atoms. The van der Waals surface area contributed by atoms with Crippen molar-refractivity contribution in [3.8, 4) is 0 Å². The zero-order valence-corrected chi connectivity index (χ0v) is 16.5. The minimum absolute atomic E-state index is 0.0177. The van der Waals surface area contributed by atoms with Gasteiger partial charge in [0, 0.05) is 18.4 Å². The maximum Gasteiger partial charge on any atom is 0.250 e. The predicted molar refractivity (Wildman–Crippen MR) is 118 cm³/mol. The molecule has 1 unspecified atom stereocenters. The molecule has 2 aliphatic rings. The monoisotopic (exact) mass is 392 g/mol. The van der Waals surface area contributed by atoms with Gasteiger partial charge in [0.05, 0.1) is 5.69 Å². The Morgan fingerprint density at radius 2 is 1.81 bits per heavy atom. The number of anilines is 2. The van der Waals surface area contributed by atoms with Crippen molar-refractivity contribution in [2.75, 3.05) is 16.3 Å². The van der Waals surface area contributed by atoms with Crippen LogP contribution in [0.25, 0.3) is 0 Å². The summed E-state index contributed by atoms with van der Waals surface area (Å²) >= 11 is 6.83. The number of fused-ring (bicyclic) bond motifs is 1. The number of nitrogens with zero attached hydrogens (tertiary/aromatic N) is 2. The van der Waals surface area contributed by atoms with E-state index in [9.17, 15) is 4.79 Å². The Morgan fingerprint density at radius 1 is 1.04 bits per heavy atom. The molecule has 1 atom stereocenters. The largest absolute Gasteiger partial charge is 0.348 e. The highest BCUT2D eigenvalue weighted by molar-refractivity contribution is 8.25. The Hall–Kier alpha value is -2.37. The van der Waals surface area contributed by atoms with Crippen molar-refractivity contribution in [2.24, 2.45) is 0 Å². The molecule has 0 radical (unpaired) electrons. The summed E-state index contributed by atoms with van der Waals surface area (Å²) in [6, 6.07) is 18.1. The van der Waals surface area contributed by atoms with E-state index in [0.717, 1.165) is 25.1 Å². The summed E-state index contributed by atoms with van der Waals surface area (Å²) < 4.78 is 0.606. The highest BCUT2D eigenvalue weighted by Gasteiger charge is 2.36. The zero-order valence-electron chi connectivity index (χ0n) is 14.8. The van der Waals surface area contributed by atoms with Crippen molar-refractivity contribution >= 4 is 45.6 Å². The fourth-order valence-electron chi connectivity index (χ4n) is 3.40. The number of rotatable bonds is 4. The Balaban J connectivity index is 1.43. The van der Waals surface area contributed by atoms with Crippen LogP contribution in [-0.2, 0) is 11.2 Å². The van der Waals surface area contributed by atoms with Gasteiger partial charge in [-0.2, -0.15) is 0 Å². The second kappa shape index (κ2) is 8.11. The average molecular weight is 393 g/mol. The minimum atomic E-state index is -0.268. The molecule has 0 aliphatic carbocycles. The molecular formula is C22H20N2OS2. The van der Waals surface area contributed by atoms with Gasteiger partial charge in [-0.05, 0) is 42.7 Å².